The molecule has 0 aliphatic carbocycles. The summed E-state index contributed by atoms with van der Waals surface area (Å²) >= 11 is 6.00. The number of ether oxygens (including phenoxy) is 2. The number of carbonyl (C=O) groups is 2. The first kappa shape index (κ1) is 21.2. The summed E-state index contributed by atoms with van der Waals surface area (Å²) in [7, 11) is 1.47. The smallest absolute Gasteiger partial charge is 0.259 e. The molecule has 2 rings (SSSR count). The molecule has 0 aliphatic rings. The van der Waals surface area contributed by atoms with Crippen molar-refractivity contribution in [2.45, 2.75) is 20.0 Å². The molecule has 148 valence electrons. The van der Waals surface area contributed by atoms with Gasteiger partial charge >= 0.3 is 0 Å². The van der Waals surface area contributed by atoms with E-state index in [9.17, 15) is 9.59 Å². The van der Waals surface area contributed by atoms with E-state index in [2.05, 4.69) is 15.8 Å². The number of methoxy groups -OCH3 is 1. The average molecular weight is 404 g/mol. The van der Waals surface area contributed by atoms with Gasteiger partial charge in [-0.2, -0.15) is 5.10 Å². The van der Waals surface area contributed by atoms with Gasteiger partial charge in [0, 0.05) is 10.6 Å². The third kappa shape index (κ3) is 6.28. The number of benzene rings is 2. The Morgan fingerprint density at radius 3 is 2.64 bits per heavy atom. The van der Waals surface area contributed by atoms with Crippen molar-refractivity contribution in [3.8, 4) is 11.5 Å². The Balaban J connectivity index is 1.92. The maximum atomic E-state index is 12.2. The van der Waals surface area contributed by atoms with Crippen LogP contribution in [0.4, 0.5) is 0 Å². The lowest BCUT2D eigenvalue weighted by Crippen LogP contribution is -2.35. The van der Waals surface area contributed by atoms with Crippen molar-refractivity contribution in [2.75, 3.05) is 13.7 Å². The first-order valence-corrected chi connectivity index (χ1v) is 8.98. The molecular weight excluding hydrogens is 382 g/mol. The monoisotopic (exact) mass is 403 g/mol. The highest BCUT2D eigenvalue weighted by atomic mass is 35.5. The molecule has 0 heterocycles. The summed E-state index contributed by atoms with van der Waals surface area (Å²) in [5.74, 6) is 0.130. The molecule has 0 atom stereocenters. The zero-order chi connectivity index (χ0) is 20.5. The molecule has 8 heteroatoms. The molecule has 2 amide bonds. The van der Waals surface area contributed by atoms with Crippen LogP contribution in [-0.2, 0) is 4.79 Å². The molecule has 2 aromatic rings. The van der Waals surface area contributed by atoms with Gasteiger partial charge in [-0.3, -0.25) is 9.59 Å². The van der Waals surface area contributed by atoms with Gasteiger partial charge < -0.3 is 14.8 Å². The lowest BCUT2D eigenvalue weighted by Gasteiger charge is -2.12. The first-order valence-electron chi connectivity index (χ1n) is 8.60. The van der Waals surface area contributed by atoms with E-state index in [1.165, 1.54) is 13.3 Å². The fraction of sp³-hybridized carbons (Fsp3) is 0.250. The van der Waals surface area contributed by atoms with E-state index < -0.39 is 11.8 Å². The molecule has 0 radical (unpaired) electrons. The van der Waals surface area contributed by atoms with Crippen molar-refractivity contribution in [2.24, 2.45) is 5.10 Å². The van der Waals surface area contributed by atoms with Crippen molar-refractivity contribution in [3.63, 3.8) is 0 Å². The summed E-state index contributed by atoms with van der Waals surface area (Å²) in [5, 5.41) is 6.94. The van der Waals surface area contributed by atoms with Crippen LogP contribution in [0.25, 0.3) is 0 Å². The summed E-state index contributed by atoms with van der Waals surface area (Å²) in [4.78, 5) is 24.1. The van der Waals surface area contributed by atoms with Crippen molar-refractivity contribution < 1.29 is 19.1 Å². The van der Waals surface area contributed by atoms with Crippen LogP contribution in [0.2, 0.25) is 5.02 Å². The minimum atomic E-state index is -0.479. The van der Waals surface area contributed by atoms with Crippen LogP contribution < -0.4 is 20.2 Å². The molecule has 28 heavy (non-hydrogen) atoms. The molecule has 0 fully saturated rings. The molecule has 0 bridgehead atoms. The van der Waals surface area contributed by atoms with E-state index in [-0.39, 0.29) is 12.6 Å². The number of carbonyl (C=O) groups excluding carboxylic acids is 2. The van der Waals surface area contributed by atoms with Crippen molar-refractivity contribution >= 4 is 29.6 Å². The Labute approximate surface area is 168 Å². The zero-order valence-corrected chi connectivity index (χ0v) is 16.6. The molecule has 2 N–H and O–H groups in total. The van der Waals surface area contributed by atoms with Crippen molar-refractivity contribution in [1.82, 2.24) is 10.7 Å². The van der Waals surface area contributed by atoms with E-state index in [0.717, 1.165) is 0 Å². The standard InChI is InChI=1S/C20H22ClN3O4/c1-13(2)28-17-9-8-15(21)10-14(17)11-23-24-19(25)12-22-20(26)16-6-4-5-7-18(16)27-3/h4-11,13H,12H2,1-3H3,(H,22,26)(H,24,25). The Kier molecular flexibility index (Phi) is 7.83. The van der Waals surface area contributed by atoms with Gasteiger partial charge in [0.25, 0.3) is 11.8 Å². The van der Waals surface area contributed by atoms with Gasteiger partial charge in [-0.15, -0.1) is 0 Å². The topological polar surface area (TPSA) is 89.0 Å². The Bertz CT molecular complexity index is 868. The van der Waals surface area contributed by atoms with Gasteiger partial charge in [0.05, 0.1) is 31.5 Å². The summed E-state index contributed by atoms with van der Waals surface area (Å²) < 4.78 is 10.8. The lowest BCUT2D eigenvalue weighted by molar-refractivity contribution is -0.120. The Morgan fingerprint density at radius 2 is 1.93 bits per heavy atom. The number of nitrogens with one attached hydrogen (secondary N) is 2. The summed E-state index contributed by atoms with van der Waals surface area (Å²) in [6.45, 7) is 3.57. The highest BCUT2D eigenvalue weighted by Crippen LogP contribution is 2.22. The number of hydrogen-bond acceptors (Lipinski definition) is 5. The maximum Gasteiger partial charge on any atom is 0.259 e. The average Bonchev–Trinajstić information content (AvgIpc) is 2.67. The van der Waals surface area contributed by atoms with Crippen LogP contribution in [0, 0.1) is 0 Å². The highest BCUT2D eigenvalue weighted by molar-refractivity contribution is 6.30. The van der Waals surface area contributed by atoms with Gasteiger partial charge in [0.1, 0.15) is 11.5 Å². The second kappa shape index (κ2) is 10.3. The Morgan fingerprint density at radius 1 is 1.18 bits per heavy atom. The lowest BCUT2D eigenvalue weighted by atomic mass is 10.2. The molecule has 2 aromatic carbocycles. The predicted molar refractivity (Wildman–Crippen MR) is 108 cm³/mol. The van der Waals surface area contributed by atoms with Gasteiger partial charge in [-0.25, -0.2) is 5.43 Å². The van der Waals surface area contributed by atoms with E-state index in [4.69, 9.17) is 21.1 Å². The number of rotatable bonds is 8. The minimum absolute atomic E-state index is 0.0203. The third-order valence-corrected chi connectivity index (χ3v) is 3.72. The van der Waals surface area contributed by atoms with E-state index in [0.29, 0.717) is 27.6 Å². The van der Waals surface area contributed by atoms with Gasteiger partial charge in [0.15, 0.2) is 0 Å². The number of nitrogens with zero attached hydrogens (tertiary/aromatic N) is 1. The van der Waals surface area contributed by atoms with Crippen LogP contribution in [-0.4, -0.2) is 37.8 Å². The molecule has 0 aliphatic heterocycles. The predicted octanol–water partition coefficient (Wildman–Crippen LogP) is 3.02. The van der Waals surface area contributed by atoms with Crippen LogP contribution >= 0.6 is 11.6 Å². The van der Waals surface area contributed by atoms with E-state index in [1.54, 1.807) is 42.5 Å². The third-order valence-electron chi connectivity index (χ3n) is 3.49. The Hall–Kier alpha value is -3.06. The van der Waals surface area contributed by atoms with Crippen LogP contribution in [0.1, 0.15) is 29.8 Å². The summed E-state index contributed by atoms with van der Waals surface area (Å²) in [6, 6.07) is 11.9. The number of halogens is 1. The summed E-state index contributed by atoms with van der Waals surface area (Å²) in [6.07, 6.45) is 1.41. The van der Waals surface area contributed by atoms with Crippen LogP contribution in [0.15, 0.2) is 47.6 Å². The van der Waals surface area contributed by atoms with Crippen molar-refractivity contribution in [1.29, 1.82) is 0 Å². The highest BCUT2D eigenvalue weighted by Gasteiger charge is 2.12. The second-order valence-corrected chi connectivity index (χ2v) is 6.46. The van der Waals surface area contributed by atoms with E-state index >= 15 is 0 Å². The quantitative estimate of drug-likeness (QED) is 0.523. The normalized spacial score (nSPS) is 10.8. The van der Waals surface area contributed by atoms with Gasteiger partial charge in [-0.1, -0.05) is 23.7 Å². The van der Waals surface area contributed by atoms with Crippen molar-refractivity contribution in [3.05, 3.63) is 58.6 Å². The first-order chi connectivity index (χ1) is 13.4. The molecule has 0 saturated heterocycles. The molecule has 0 aromatic heterocycles. The number of hydrazone groups is 1. The summed E-state index contributed by atoms with van der Waals surface area (Å²) in [5.41, 5.74) is 3.32. The largest absolute Gasteiger partial charge is 0.496 e. The SMILES string of the molecule is COc1ccccc1C(=O)NCC(=O)NN=Cc1cc(Cl)ccc1OC(C)C. The number of amides is 2. The number of para-hydroxylation sites is 1. The van der Waals surface area contributed by atoms with Gasteiger partial charge in [0.2, 0.25) is 0 Å². The molecular formula is C20H22ClN3O4. The molecule has 0 saturated carbocycles. The van der Waals surface area contributed by atoms with Crippen LogP contribution in [0.3, 0.4) is 0 Å². The maximum absolute atomic E-state index is 12.2. The van der Waals surface area contributed by atoms with E-state index in [1.807, 2.05) is 13.8 Å². The molecule has 7 nitrogen and oxygen atoms in total. The fourth-order valence-corrected chi connectivity index (χ4v) is 2.46. The zero-order valence-electron chi connectivity index (χ0n) is 15.9. The minimum Gasteiger partial charge on any atom is -0.496 e. The van der Waals surface area contributed by atoms with Gasteiger partial charge in [-0.05, 0) is 44.2 Å². The molecule has 0 spiro atoms. The molecule has 0 unspecified atom stereocenters. The fourth-order valence-electron chi connectivity index (χ4n) is 2.28. The second-order valence-electron chi connectivity index (χ2n) is 6.02. The van der Waals surface area contributed by atoms with Crippen LogP contribution in [0.5, 0.6) is 11.5 Å². The number of hydrogen-bond donors (Lipinski definition) is 2.